The van der Waals surface area contributed by atoms with E-state index in [1.807, 2.05) is 0 Å². The first-order valence-corrected chi connectivity index (χ1v) is 2.59. The van der Waals surface area contributed by atoms with Crippen molar-refractivity contribution in [3.8, 4) is 12.3 Å². The predicted molar refractivity (Wildman–Crippen MR) is 30.8 cm³/mol. The average Bonchev–Trinajstić information content (AvgIpc) is 2.14. The van der Waals surface area contributed by atoms with Crippen molar-refractivity contribution in [3.05, 3.63) is 11.6 Å². The smallest absolute Gasteiger partial charge is 0.00222 e. The van der Waals surface area contributed by atoms with E-state index in [0.29, 0.717) is 0 Å². The van der Waals surface area contributed by atoms with E-state index in [4.69, 9.17) is 6.42 Å². The molecule has 0 aromatic heterocycles. The predicted octanol–water partition coefficient (Wildman–Crippen LogP) is 1.73. The average molecular weight is 92.1 g/mol. The van der Waals surface area contributed by atoms with Crippen LogP contribution in [-0.2, 0) is 0 Å². The lowest BCUT2D eigenvalue weighted by Gasteiger charge is -1.79. The SMILES string of the molecule is C#CC1=CCCC1. The molecule has 0 saturated carbocycles. The molecule has 0 aromatic rings. The first kappa shape index (κ1) is 4.46. The monoisotopic (exact) mass is 92.1 g/mol. The van der Waals surface area contributed by atoms with E-state index in [2.05, 4.69) is 12.0 Å². The van der Waals surface area contributed by atoms with Crippen LogP contribution in [0.5, 0.6) is 0 Å². The Kier molecular flexibility index (Phi) is 1.17. The second kappa shape index (κ2) is 1.84. The molecule has 0 saturated heterocycles. The van der Waals surface area contributed by atoms with Crippen molar-refractivity contribution in [1.82, 2.24) is 0 Å². The maximum atomic E-state index is 5.12. The van der Waals surface area contributed by atoms with Crippen molar-refractivity contribution >= 4 is 0 Å². The fourth-order valence-electron chi connectivity index (χ4n) is 0.802. The van der Waals surface area contributed by atoms with Crippen LogP contribution in [0.25, 0.3) is 0 Å². The van der Waals surface area contributed by atoms with Crippen LogP contribution < -0.4 is 0 Å². The lowest BCUT2D eigenvalue weighted by atomic mass is 10.2. The minimum atomic E-state index is 1.14. The van der Waals surface area contributed by atoms with Crippen molar-refractivity contribution in [2.75, 3.05) is 0 Å². The van der Waals surface area contributed by atoms with Gasteiger partial charge in [-0.25, -0.2) is 0 Å². The molecule has 0 amide bonds. The fourth-order valence-corrected chi connectivity index (χ4v) is 0.802. The number of hydrogen-bond acceptors (Lipinski definition) is 0. The highest BCUT2D eigenvalue weighted by Crippen LogP contribution is 2.15. The molecule has 0 bridgehead atoms. The van der Waals surface area contributed by atoms with Gasteiger partial charge in [-0.1, -0.05) is 12.0 Å². The zero-order chi connectivity index (χ0) is 5.11. The van der Waals surface area contributed by atoms with Crippen LogP contribution in [0.4, 0.5) is 0 Å². The molecule has 0 spiro atoms. The van der Waals surface area contributed by atoms with Gasteiger partial charge in [0.15, 0.2) is 0 Å². The molecule has 0 atom stereocenters. The highest BCUT2D eigenvalue weighted by atomic mass is 14.0. The Hall–Kier alpha value is -0.700. The normalized spacial score (nSPS) is 18.4. The molecule has 0 heterocycles. The summed E-state index contributed by atoms with van der Waals surface area (Å²) >= 11 is 0. The molecule has 0 heteroatoms. The first-order chi connectivity index (χ1) is 3.43. The molecule has 0 radical (unpaired) electrons. The number of allylic oxidation sites excluding steroid dienone is 2. The van der Waals surface area contributed by atoms with E-state index >= 15 is 0 Å². The van der Waals surface area contributed by atoms with E-state index in [-0.39, 0.29) is 0 Å². The van der Waals surface area contributed by atoms with Crippen molar-refractivity contribution in [2.45, 2.75) is 19.3 Å². The third kappa shape index (κ3) is 0.838. The van der Waals surface area contributed by atoms with Gasteiger partial charge in [-0.2, -0.15) is 0 Å². The van der Waals surface area contributed by atoms with Gasteiger partial charge in [-0.3, -0.25) is 0 Å². The quantitative estimate of drug-likeness (QED) is 0.399. The fraction of sp³-hybridized carbons (Fsp3) is 0.429. The minimum Gasteiger partial charge on any atom is -0.115 e. The molecule has 7 heavy (non-hydrogen) atoms. The van der Waals surface area contributed by atoms with Crippen LogP contribution in [0.15, 0.2) is 11.6 Å². The summed E-state index contributed by atoms with van der Waals surface area (Å²) in [5.41, 5.74) is 1.19. The van der Waals surface area contributed by atoms with Gasteiger partial charge < -0.3 is 0 Å². The van der Waals surface area contributed by atoms with Crippen LogP contribution >= 0.6 is 0 Å². The second-order valence-electron chi connectivity index (χ2n) is 1.77. The Balaban J connectivity index is 2.57. The van der Waals surface area contributed by atoms with E-state index in [9.17, 15) is 0 Å². The van der Waals surface area contributed by atoms with E-state index in [0.717, 1.165) is 6.42 Å². The molecule has 0 N–H and O–H groups in total. The summed E-state index contributed by atoms with van der Waals surface area (Å²) in [5, 5.41) is 0. The summed E-state index contributed by atoms with van der Waals surface area (Å²) < 4.78 is 0. The minimum absolute atomic E-state index is 1.14. The molecular weight excluding hydrogens is 84.1 g/mol. The van der Waals surface area contributed by atoms with Crippen molar-refractivity contribution in [2.24, 2.45) is 0 Å². The summed E-state index contributed by atoms with van der Waals surface area (Å²) in [5.74, 6) is 2.62. The first-order valence-electron chi connectivity index (χ1n) is 2.59. The van der Waals surface area contributed by atoms with Crippen LogP contribution in [-0.4, -0.2) is 0 Å². The van der Waals surface area contributed by atoms with Gasteiger partial charge >= 0.3 is 0 Å². The topological polar surface area (TPSA) is 0 Å². The van der Waals surface area contributed by atoms with Gasteiger partial charge in [-0.15, -0.1) is 6.42 Å². The summed E-state index contributed by atoms with van der Waals surface area (Å²) in [4.78, 5) is 0. The standard InChI is InChI=1S/C7H8/c1-2-7-5-3-4-6-7/h1,5H,3-4,6H2. The van der Waals surface area contributed by atoms with E-state index in [1.54, 1.807) is 0 Å². The second-order valence-corrected chi connectivity index (χ2v) is 1.77. The number of rotatable bonds is 0. The summed E-state index contributed by atoms with van der Waals surface area (Å²) in [6.45, 7) is 0. The lowest BCUT2D eigenvalue weighted by molar-refractivity contribution is 0.919. The molecule has 0 aliphatic heterocycles. The van der Waals surface area contributed by atoms with Gasteiger partial charge in [-0.05, 0) is 24.8 Å². The van der Waals surface area contributed by atoms with Crippen molar-refractivity contribution < 1.29 is 0 Å². The summed E-state index contributed by atoms with van der Waals surface area (Å²) in [6.07, 6.45) is 10.8. The Morgan fingerprint density at radius 3 is 2.86 bits per heavy atom. The van der Waals surface area contributed by atoms with Crippen LogP contribution in [0.1, 0.15) is 19.3 Å². The zero-order valence-electron chi connectivity index (χ0n) is 4.28. The molecule has 0 aromatic carbocycles. The maximum absolute atomic E-state index is 5.12. The van der Waals surface area contributed by atoms with Crippen LogP contribution in [0, 0.1) is 12.3 Å². The number of hydrogen-bond donors (Lipinski definition) is 0. The van der Waals surface area contributed by atoms with E-state index < -0.39 is 0 Å². The van der Waals surface area contributed by atoms with Gasteiger partial charge in [0.1, 0.15) is 0 Å². The molecule has 36 valence electrons. The zero-order valence-corrected chi connectivity index (χ0v) is 4.28. The Labute approximate surface area is 44.2 Å². The highest BCUT2D eigenvalue weighted by Gasteiger charge is 1.98. The van der Waals surface area contributed by atoms with Crippen molar-refractivity contribution in [1.29, 1.82) is 0 Å². The Morgan fingerprint density at radius 1 is 1.71 bits per heavy atom. The Morgan fingerprint density at radius 2 is 2.57 bits per heavy atom. The molecule has 1 aliphatic rings. The Bertz CT molecular complexity index is 123. The van der Waals surface area contributed by atoms with Gasteiger partial charge in [0.2, 0.25) is 0 Å². The van der Waals surface area contributed by atoms with E-state index in [1.165, 1.54) is 18.4 Å². The molecule has 1 aliphatic carbocycles. The molecule has 0 nitrogen and oxygen atoms in total. The van der Waals surface area contributed by atoms with Gasteiger partial charge in [0.25, 0.3) is 0 Å². The largest absolute Gasteiger partial charge is 0.115 e. The van der Waals surface area contributed by atoms with Gasteiger partial charge in [0, 0.05) is 0 Å². The molecular formula is C7H8. The van der Waals surface area contributed by atoms with Crippen LogP contribution in [0.3, 0.4) is 0 Å². The molecule has 1 rings (SSSR count). The van der Waals surface area contributed by atoms with Gasteiger partial charge in [0.05, 0.1) is 0 Å². The molecule has 0 fully saturated rings. The summed E-state index contributed by atoms with van der Waals surface area (Å²) in [7, 11) is 0. The third-order valence-electron chi connectivity index (χ3n) is 1.23. The van der Waals surface area contributed by atoms with Crippen LogP contribution in [0.2, 0.25) is 0 Å². The summed E-state index contributed by atoms with van der Waals surface area (Å²) in [6, 6.07) is 0. The van der Waals surface area contributed by atoms with Crippen molar-refractivity contribution in [3.63, 3.8) is 0 Å². The third-order valence-corrected chi connectivity index (χ3v) is 1.23. The highest BCUT2D eigenvalue weighted by molar-refractivity contribution is 5.27. The lowest BCUT2D eigenvalue weighted by Crippen LogP contribution is -1.64. The maximum Gasteiger partial charge on any atom is -0.00222 e. The molecule has 0 unspecified atom stereocenters. The number of terminal acetylenes is 1.